The molecular formula is C13H20ClN3. The zero-order valence-corrected chi connectivity index (χ0v) is 11.5. The average Bonchev–Trinajstić information content (AvgIpc) is 2.71. The maximum Gasteiger partial charge on any atom is 0.132 e. The monoisotopic (exact) mass is 253 g/mol. The minimum atomic E-state index is 0.528. The first-order chi connectivity index (χ1) is 8.13. The molecule has 17 heavy (non-hydrogen) atoms. The van der Waals surface area contributed by atoms with E-state index < -0.39 is 0 Å². The highest BCUT2D eigenvalue weighted by Crippen LogP contribution is 2.27. The molecular weight excluding hydrogens is 234 g/mol. The molecule has 0 spiro atoms. The molecule has 2 heterocycles. The van der Waals surface area contributed by atoms with Crippen molar-refractivity contribution < 1.29 is 0 Å². The molecule has 1 aliphatic heterocycles. The molecule has 0 radical (unpaired) electrons. The second kappa shape index (κ2) is 5.23. The number of hydrogen-bond donors (Lipinski definition) is 0. The van der Waals surface area contributed by atoms with Crippen molar-refractivity contribution in [2.45, 2.75) is 18.8 Å². The molecule has 0 amide bonds. The van der Waals surface area contributed by atoms with E-state index in [9.17, 15) is 0 Å². The predicted octanol–water partition coefficient (Wildman–Crippen LogP) is 2.21. The first-order valence-electron chi connectivity index (χ1n) is 6.04. The standard InChI is InChI=1S/C13H20ClN3/c1-10-8-17(9-12(10)16(2)3)13-11(7-14)5-4-6-15-13/h4-6,10,12H,7-9H2,1-3H3. The molecule has 0 bridgehead atoms. The summed E-state index contributed by atoms with van der Waals surface area (Å²) in [7, 11) is 4.29. The van der Waals surface area contributed by atoms with E-state index in [1.54, 1.807) is 0 Å². The van der Waals surface area contributed by atoms with E-state index in [1.165, 1.54) is 0 Å². The van der Waals surface area contributed by atoms with Crippen LogP contribution in [0.4, 0.5) is 5.82 Å². The van der Waals surface area contributed by atoms with E-state index in [-0.39, 0.29) is 0 Å². The molecule has 1 fully saturated rings. The van der Waals surface area contributed by atoms with Crippen LogP contribution >= 0.6 is 11.6 Å². The topological polar surface area (TPSA) is 19.4 Å². The van der Waals surface area contributed by atoms with Gasteiger partial charge in [0.25, 0.3) is 0 Å². The number of pyridine rings is 1. The van der Waals surface area contributed by atoms with Crippen LogP contribution < -0.4 is 4.90 Å². The van der Waals surface area contributed by atoms with Crippen LogP contribution in [0.15, 0.2) is 18.3 Å². The normalized spacial score (nSPS) is 24.6. The highest BCUT2D eigenvalue weighted by molar-refractivity contribution is 6.17. The van der Waals surface area contributed by atoms with Crippen molar-refractivity contribution in [3.8, 4) is 0 Å². The van der Waals surface area contributed by atoms with Crippen LogP contribution in [0, 0.1) is 5.92 Å². The summed E-state index contributed by atoms with van der Waals surface area (Å²) >= 11 is 5.97. The zero-order chi connectivity index (χ0) is 12.4. The first-order valence-corrected chi connectivity index (χ1v) is 6.58. The van der Waals surface area contributed by atoms with Crippen molar-refractivity contribution in [1.82, 2.24) is 9.88 Å². The Bertz CT molecular complexity index is 381. The Morgan fingerprint density at radius 1 is 1.47 bits per heavy atom. The molecule has 1 aliphatic rings. The lowest BCUT2D eigenvalue weighted by molar-refractivity contribution is 0.266. The van der Waals surface area contributed by atoms with Gasteiger partial charge >= 0.3 is 0 Å². The van der Waals surface area contributed by atoms with Gasteiger partial charge in [-0.05, 0) is 26.1 Å². The van der Waals surface area contributed by atoms with Gasteiger partial charge in [0.2, 0.25) is 0 Å². The molecule has 0 saturated carbocycles. The summed E-state index contributed by atoms with van der Waals surface area (Å²) in [5, 5.41) is 0. The number of halogens is 1. The number of likely N-dealkylation sites (N-methyl/N-ethyl adjacent to an activating group) is 1. The summed E-state index contributed by atoms with van der Waals surface area (Å²) in [4.78, 5) is 9.14. The van der Waals surface area contributed by atoms with Crippen molar-refractivity contribution in [1.29, 1.82) is 0 Å². The molecule has 94 valence electrons. The Labute approximate surface area is 108 Å². The van der Waals surface area contributed by atoms with Gasteiger partial charge in [-0.25, -0.2) is 4.98 Å². The van der Waals surface area contributed by atoms with Crippen LogP contribution in [0.5, 0.6) is 0 Å². The number of rotatable bonds is 3. The SMILES string of the molecule is CC1CN(c2ncccc2CCl)CC1N(C)C. The predicted molar refractivity (Wildman–Crippen MR) is 72.6 cm³/mol. The Morgan fingerprint density at radius 2 is 2.24 bits per heavy atom. The van der Waals surface area contributed by atoms with Gasteiger partial charge in [0.1, 0.15) is 5.82 Å². The number of nitrogens with zero attached hydrogens (tertiary/aromatic N) is 3. The van der Waals surface area contributed by atoms with Gasteiger partial charge < -0.3 is 9.80 Å². The maximum atomic E-state index is 5.97. The van der Waals surface area contributed by atoms with E-state index in [0.717, 1.165) is 24.5 Å². The number of hydrogen-bond acceptors (Lipinski definition) is 3. The van der Waals surface area contributed by atoms with Crippen LogP contribution in [0.2, 0.25) is 0 Å². The summed E-state index contributed by atoms with van der Waals surface area (Å²) in [5.41, 5.74) is 1.13. The van der Waals surface area contributed by atoms with E-state index in [2.05, 4.69) is 41.9 Å². The van der Waals surface area contributed by atoms with Gasteiger partial charge in [-0.15, -0.1) is 11.6 Å². The lowest BCUT2D eigenvalue weighted by Gasteiger charge is -2.23. The van der Waals surface area contributed by atoms with Gasteiger partial charge in [0.05, 0.1) is 5.88 Å². The largest absolute Gasteiger partial charge is 0.354 e. The van der Waals surface area contributed by atoms with Crippen molar-refractivity contribution in [3.63, 3.8) is 0 Å². The first kappa shape index (κ1) is 12.7. The molecule has 1 aromatic rings. The number of alkyl halides is 1. The molecule has 0 N–H and O–H groups in total. The van der Waals surface area contributed by atoms with Gasteiger partial charge in [-0.1, -0.05) is 13.0 Å². The second-order valence-electron chi connectivity index (χ2n) is 5.03. The van der Waals surface area contributed by atoms with Crippen LogP contribution in [-0.4, -0.2) is 43.1 Å². The van der Waals surface area contributed by atoms with Crippen molar-refractivity contribution in [2.75, 3.05) is 32.1 Å². The van der Waals surface area contributed by atoms with Crippen LogP contribution in [0.1, 0.15) is 12.5 Å². The molecule has 3 nitrogen and oxygen atoms in total. The van der Waals surface area contributed by atoms with E-state index in [4.69, 9.17) is 11.6 Å². The average molecular weight is 254 g/mol. The summed E-state index contributed by atoms with van der Waals surface area (Å²) in [6.45, 7) is 4.40. The maximum absolute atomic E-state index is 5.97. The quantitative estimate of drug-likeness (QED) is 0.770. The molecule has 0 aromatic carbocycles. The van der Waals surface area contributed by atoms with Crippen molar-refractivity contribution in [2.24, 2.45) is 5.92 Å². The Hall–Kier alpha value is -0.800. The zero-order valence-electron chi connectivity index (χ0n) is 10.7. The fourth-order valence-corrected chi connectivity index (χ4v) is 2.82. The molecule has 2 unspecified atom stereocenters. The number of aromatic nitrogens is 1. The van der Waals surface area contributed by atoms with E-state index >= 15 is 0 Å². The third-order valence-electron chi connectivity index (χ3n) is 3.55. The van der Waals surface area contributed by atoms with Gasteiger partial charge in [-0.3, -0.25) is 0 Å². The Balaban J connectivity index is 2.19. The molecule has 4 heteroatoms. The molecule has 2 rings (SSSR count). The Morgan fingerprint density at radius 3 is 2.82 bits per heavy atom. The van der Waals surface area contributed by atoms with Crippen molar-refractivity contribution in [3.05, 3.63) is 23.9 Å². The minimum Gasteiger partial charge on any atom is -0.354 e. The fourth-order valence-electron chi connectivity index (χ4n) is 2.61. The highest BCUT2D eigenvalue weighted by Gasteiger charge is 2.32. The molecule has 1 aromatic heterocycles. The van der Waals surface area contributed by atoms with Crippen LogP contribution in [0.3, 0.4) is 0 Å². The lowest BCUT2D eigenvalue weighted by Crippen LogP contribution is -2.34. The summed E-state index contributed by atoms with van der Waals surface area (Å²) in [6.07, 6.45) is 1.85. The van der Waals surface area contributed by atoms with E-state index in [0.29, 0.717) is 17.8 Å². The summed E-state index contributed by atoms with van der Waals surface area (Å²) < 4.78 is 0. The lowest BCUT2D eigenvalue weighted by atomic mass is 10.1. The summed E-state index contributed by atoms with van der Waals surface area (Å²) in [6, 6.07) is 4.60. The smallest absolute Gasteiger partial charge is 0.132 e. The van der Waals surface area contributed by atoms with Crippen LogP contribution in [0.25, 0.3) is 0 Å². The molecule has 0 aliphatic carbocycles. The molecule has 2 atom stereocenters. The fraction of sp³-hybridized carbons (Fsp3) is 0.615. The Kier molecular flexibility index (Phi) is 3.89. The van der Waals surface area contributed by atoms with Gasteiger partial charge in [0.15, 0.2) is 0 Å². The second-order valence-corrected chi connectivity index (χ2v) is 5.30. The minimum absolute atomic E-state index is 0.528. The third-order valence-corrected chi connectivity index (χ3v) is 3.83. The third kappa shape index (κ3) is 2.55. The van der Waals surface area contributed by atoms with Crippen LogP contribution in [-0.2, 0) is 5.88 Å². The molecule has 1 saturated heterocycles. The number of anilines is 1. The highest BCUT2D eigenvalue weighted by atomic mass is 35.5. The van der Waals surface area contributed by atoms with E-state index in [1.807, 2.05) is 12.3 Å². The summed E-state index contributed by atoms with van der Waals surface area (Å²) in [5.74, 6) is 2.25. The van der Waals surface area contributed by atoms with Gasteiger partial charge in [0, 0.05) is 30.9 Å². The van der Waals surface area contributed by atoms with Crippen molar-refractivity contribution >= 4 is 17.4 Å². The van der Waals surface area contributed by atoms with Gasteiger partial charge in [-0.2, -0.15) is 0 Å².